The van der Waals surface area contributed by atoms with Gasteiger partial charge in [0, 0.05) is 28.3 Å². The largest absolute Gasteiger partial charge is 0.610 e. The lowest BCUT2D eigenvalue weighted by Crippen LogP contribution is -2.30. The number of fused-ring (bicyclic) bond motifs is 1. The van der Waals surface area contributed by atoms with Crippen LogP contribution in [0.4, 0.5) is 0 Å². The first kappa shape index (κ1) is 17.4. The number of hydrogen-bond acceptors (Lipinski definition) is 3. The highest BCUT2D eigenvalue weighted by Gasteiger charge is 2.31. The Morgan fingerprint density at radius 3 is 2.81 bits per heavy atom. The van der Waals surface area contributed by atoms with E-state index >= 15 is 0 Å². The van der Waals surface area contributed by atoms with Gasteiger partial charge in [0.1, 0.15) is 6.26 Å². The Hall–Kier alpha value is -2.02. The third kappa shape index (κ3) is 3.09. The van der Waals surface area contributed by atoms with Crippen LogP contribution in [0.25, 0.3) is 10.9 Å². The van der Waals surface area contributed by atoms with Crippen molar-refractivity contribution >= 4 is 39.6 Å². The number of carbonyl (C=O) groups excluding carboxylic acids is 1. The molecular formula is C19H18ClN3O2S. The Balaban J connectivity index is 1.67. The van der Waals surface area contributed by atoms with E-state index in [-0.39, 0.29) is 11.9 Å². The molecule has 1 amide bonds. The average molecular weight is 388 g/mol. The maximum absolute atomic E-state index is 13.1. The summed E-state index contributed by atoms with van der Waals surface area (Å²) in [6.07, 6.45) is 3.49. The number of halogens is 1. The highest BCUT2D eigenvalue weighted by atomic mass is 35.5. The fourth-order valence-corrected chi connectivity index (χ4v) is 4.33. The highest BCUT2D eigenvalue weighted by Crippen LogP contribution is 2.34. The van der Waals surface area contributed by atoms with Gasteiger partial charge in [0.25, 0.3) is 10.9 Å². The zero-order valence-electron chi connectivity index (χ0n) is 14.2. The smallest absolute Gasteiger partial charge is 0.270 e. The number of H-pyrrole nitrogens is 1. The summed E-state index contributed by atoms with van der Waals surface area (Å²) in [5.74, 6) is -0.0154. The molecule has 134 valence electrons. The topological polar surface area (TPSA) is 72.0 Å². The molecule has 0 bridgehead atoms. The van der Waals surface area contributed by atoms with Crippen LogP contribution in [0.2, 0.25) is 5.02 Å². The van der Waals surface area contributed by atoms with Crippen LogP contribution in [0.15, 0.2) is 47.5 Å². The number of nitrogens with zero attached hydrogens (tertiary/aromatic N) is 2. The summed E-state index contributed by atoms with van der Waals surface area (Å²) in [5, 5.41) is 8.87. The standard InChI is InChI=1S/C19H18ClN3O2S/c1-26(25)18-15-11-13(6-9-16(15)21-22-18)19(24)23-10-2-3-17(23)12-4-7-14(20)8-5-12/h4-9,11,17H,2-3,10H2,1H3,(H,21,22)/t17-,26?/m0/s1. The Kier molecular flexibility index (Phi) is 4.65. The van der Waals surface area contributed by atoms with Crippen molar-refractivity contribution < 1.29 is 9.35 Å². The number of likely N-dealkylation sites (tertiary alicyclic amines) is 1. The third-order valence-electron chi connectivity index (χ3n) is 4.82. The second kappa shape index (κ2) is 6.95. The van der Waals surface area contributed by atoms with Crippen molar-refractivity contribution in [2.45, 2.75) is 23.9 Å². The summed E-state index contributed by atoms with van der Waals surface area (Å²) < 4.78 is 11.8. The van der Waals surface area contributed by atoms with Crippen LogP contribution in [0.1, 0.15) is 34.8 Å². The van der Waals surface area contributed by atoms with Gasteiger partial charge < -0.3 is 9.45 Å². The number of benzene rings is 2. The van der Waals surface area contributed by atoms with Crippen LogP contribution in [-0.4, -0.2) is 38.4 Å². The van der Waals surface area contributed by atoms with Gasteiger partial charge in [-0.1, -0.05) is 23.7 Å². The molecule has 0 saturated carbocycles. The molecule has 0 aliphatic carbocycles. The van der Waals surface area contributed by atoms with E-state index < -0.39 is 11.2 Å². The molecule has 4 rings (SSSR count). The zero-order chi connectivity index (χ0) is 18.3. The maximum Gasteiger partial charge on any atom is 0.270 e. The summed E-state index contributed by atoms with van der Waals surface area (Å²) in [7, 11) is 0. The quantitative estimate of drug-likeness (QED) is 0.692. The van der Waals surface area contributed by atoms with Crippen LogP contribution in [0, 0.1) is 0 Å². The van der Waals surface area contributed by atoms with Crippen LogP contribution < -0.4 is 0 Å². The molecule has 2 atom stereocenters. The second-order valence-electron chi connectivity index (χ2n) is 6.45. The number of carbonyl (C=O) groups is 1. The molecule has 3 aromatic rings. The minimum atomic E-state index is -1.21. The van der Waals surface area contributed by atoms with Gasteiger partial charge in [0.15, 0.2) is 0 Å². The number of amides is 1. The first-order chi connectivity index (χ1) is 12.5. The SMILES string of the molecule is C[S+]([O-])c1n[nH]c2ccc(C(=O)N3CCC[C@H]3c3ccc(Cl)cc3)cc12. The van der Waals surface area contributed by atoms with Crippen molar-refractivity contribution in [1.82, 2.24) is 15.1 Å². The molecule has 1 fully saturated rings. The molecule has 2 heterocycles. The van der Waals surface area contributed by atoms with Crippen molar-refractivity contribution in [3.8, 4) is 0 Å². The molecule has 1 aliphatic rings. The van der Waals surface area contributed by atoms with Crippen LogP contribution >= 0.6 is 11.6 Å². The molecule has 7 heteroatoms. The van der Waals surface area contributed by atoms with Crippen LogP contribution in [0.3, 0.4) is 0 Å². The molecule has 1 aromatic heterocycles. The van der Waals surface area contributed by atoms with Gasteiger partial charge in [-0.25, -0.2) is 0 Å². The summed E-state index contributed by atoms with van der Waals surface area (Å²) in [4.78, 5) is 15.0. The second-order valence-corrected chi connectivity index (χ2v) is 8.18. The summed E-state index contributed by atoms with van der Waals surface area (Å²) in [6.45, 7) is 0.724. The lowest BCUT2D eigenvalue weighted by molar-refractivity contribution is 0.0736. The molecule has 0 radical (unpaired) electrons. The first-order valence-electron chi connectivity index (χ1n) is 8.42. The average Bonchev–Trinajstić information content (AvgIpc) is 3.28. The molecule has 26 heavy (non-hydrogen) atoms. The van der Waals surface area contributed by atoms with Gasteiger partial charge in [-0.2, -0.15) is 0 Å². The van der Waals surface area contributed by atoms with Gasteiger partial charge in [-0.3, -0.25) is 9.89 Å². The minimum Gasteiger partial charge on any atom is -0.610 e. The van der Waals surface area contributed by atoms with Gasteiger partial charge >= 0.3 is 0 Å². The van der Waals surface area contributed by atoms with E-state index in [1.807, 2.05) is 35.2 Å². The van der Waals surface area contributed by atoms with Crippen molar-refractivity contribution in [3.63, 3.8) is 0 Å². The molecular weight excluding hydrogens is 370 g/mol. The van der Waals surface area contributed by atoms with E-state index in [0.29, 0.717) is 15.6 Å². The molecule has 2 aromatic carbocycles. The minimum absolute atomic E-state index is 0.0154. The van der Waals surface area contributed by atoms with Crippen LogP contribution in [-0.2, 0) is 11.2 Å². The van der Waals surface area contributed by atoms with Crippen molar-refractivity contribution in [2.75, 3.05) is 12.8 Å². The zero-order valence-corrected chi connectivity index (χ0v) is 15.8. The molecule has 5 nitrogen and oxygen atoms in total. The number of nitrogens with one attached hydrogen (secondary N) is 1. The summed E-state index contributed by atoms with van der Waals surface area (Å²) >= 11 is 4.77. The van der Waals surface area contributed by atoms with E-state index in [1.54, 1.807) is 18.4 Å². The van der Waals surface area contributed by atoms with Gasteiger partial charge in [0.05, 0.1) is 16.9 Å². The first-order valence-corrected chi connectivity index (χ1v) is 10.4. The predicted molar refractivity (Wildman–Crippen MR) is 103 cm³/mol. The van der Waals surface area contributed by atoms with Gasteiger partial charge in [0.2, 0.25) is 0 Å². The van der Waals surface area contributed by atoms with Crippen molar-refractivity contribution in [2.24, 2.45) is 0 Å². The normalized spacial score (nSPS) is 18.4. The number of aromatic nitrogens is 2. The van der Waals surface area contributed by atoms with Gasteiger partial charge in [-0.15, -0.1) is 5.10 Å². The van der Waals surface area contributed by atoms with E-state index in [0.717, 1.165) is 35.9 Å². The molecule has 1 N–H and O–H groups in total. The lowest BCUT2D eigenvalue weighted by atomic mass is 10.0. The highest BCUT2D eigenvalue weighted by molar-refractivity contribution is 7.90. The summed E-state index contributed by atoms with van der Waals surface area (Å²) in [5.41, 5.74) is 2.47. The lowest BCUT2D eigenvalue weighted by Gasteiger charge is -2.25. The van der Waals surface area contributed by atoms with E-state index in [4.69, 9.17) is 11.6 Å². The van der Waals surface area contributed by atoms with Crippen LogP contribution in [0.5, 0.6) is 0 Å². The number of aromatic amines is 1. The fraction of sp³-hybridized carbons (Fsp3) is 0.263. The van der Waals surface area contributed by atoms with E-state index in [2.05, 4.69) is 10.2 Å². The number of hydrogen-bond donors (Lipinski definition) is 1. The number of rotatable bonds is 3. The molecule has 1 unspecified atom stereocenters. The molecule has 1 aliphatic heterocycles. The maximum atomic E-state index is 13.1. The summed E-state index contributed by atoms with van der Waals surface area (Å²) in [6, 6.07) is 13.1. The third-order valence-corrected chi connectivity index (χ3v) is 5.92. The Morgan fingerprint density at radius 2 is 2.08 bits per heavy atom. The van der Waals surface area contributed by atoms with Gasteiger partial charge in [-0.05, 0) is 48.7 Å². The monoisotopic (exact) mass is 387 g/mol. The molecule has 0 spiro atoms. The van der Waals surface area contributed by atoms with E-state index in [9.17, 15) is 9.35 Å². The fourth-order valence-electron chi connectivity index (χ4n) is 3.55. The molecule has 1 saturated heterocycles. The predicted octanol–water partition coefficient (Wildman–Crippen LogP) is 3.93. The van der Waals surface area contributed by atoms with Crippen molar-refractivity contribution in [3.05, 3.63) is 58.6 Å². The Bertz CT molecular complexity index is 955. The van der Waals surface area contributed by atoms with E-state index in [1.165, 1.54) is 0 Å². The Labute approximate surface area is 159 Å². The van der Waals surface area contributed by atoms with Crippen molar-refractivity contribution in [1.29, 1.82) is 0 Å². The Morgan fingerprint density at radius 1 is 1.31 bits per heavy atom.